The van der Waals surface area contributed by atoms with Crippen LogP contribution >= 0.6 is 0 Å². The standard InChI is InChI=1S/C26H34N4O3/c1-29-17-8-2-3-9-18-30(26(32)20-12-10-16-24(27)28-20)21-13-5-7-15-23(21)33-22-14-6-4-11-19(22)25(29)31/h4,6,10-12,14,16,21,23H,2-3,5,7-9,13,15,17-18H2,1H3,(H2,27,28)/t21-,23+/m1/s1. The first-order chi connectivity index (χ1) is 16.0. The fourth-order valence-electron chi connectivity index (χ4n) is 4.91. The van der Waals surface area contributed by atoms with Gasteiger partial charge in [0, 0.05) is 20.1 Å². The Hall–Kier alpha value is -3.09. The van der Waals surface area contributed by atoms with Crippen molar-refractivity contribution in [1.82, 2.24) is 14.8 Å². The van der Waals surface area contributed by atoms with Crippen LogP contribution in [0.25, 0.3) is 0 Å². The summed E-state index contributed by atoms with van der Waals surface area (Å²) in [6.07, 6.45) is 7.48. The molecule has 2 atom stereocenters. The second-order valence-corrected chi connectivity index (χ2v) is 9.09. The lowest BCUT2D eigenvalue weighted by molar-refractivity contribution is 0.0264. The summed E-state index contributed by atoms with van der Waals surface area (Å²) in [5.41, 5.74) is 6.82. The summed E-state index contributed by atoms with van der Waals surface area (Å²) in [5, 5.41) is 0. The molecule has 1 aliphatic carbocycles. The molecule has 1 aromatic heterocycles. The van der Waals surface area contributed by atoms with E-state index >= 15 is 0 Å². The number of para-hydroxylation sites is 1. The quantitative estimate of drug-likeness (QED) is 0.705. The van der Waals surface area contributed by atoms with Crippen LogP contribution < -0.4 is 10.5 Å². The minimum Gasteiger partial charge on any atom is -0.487 e. The highest BCUT2D eigenvalue weighted by Crippen LogP contribution is 2.31. The van der Waals surface area contributed by atoms with Crippen LogP contribution in [0.3, 0.4) is 0 Å². The number of benzene rings is 1. The Morgan fingerprint density at radius 3 is 2.55 bits per heavy atom. The zero-order chi connectivity index (χ0) is 23.2. The van der Waals surface area contributed by atoms with Gasteiger partial charge in [-0.05, 0) is 56.4 Å². The zero-order valence-corrected chi connectivity index (χ0v) is 19.4. The zero-order valence-electron chi connectivity index (χ0n) is 19.4. The lowest BCUT2D eigenvalue weighted by Gasteiger charge is -2.40. The molecule has 2 N–H and O–H groups in total. The molecule has 0 bridgehead atoms. The first-order valence-electron chi connectivity index (χ1n) is 12.1. The van der Waals surface area contributed by atoms with Gasteiger partial charge >= 0.3 is 0 Å². The molecule has 33 heavy (non-hydrogen) atoms. The Bertz CT molecular complexity index is 980. The number of rotatable bonds is 1. The Kier molecular flexibility index (Phi) is 7.47. The van der Waals surface area contributed by atoms with Crippen LogP contribution in [-0.2, 0) is 0 Å². The van der Waals surface area contributed by atoms with Gasteiger partial charge in [-0.15, -0.1) is 0 Å². The highest BCUT2D eigenvalue weighted by molar-refractivity contribution is 5.96. The molecule has 7 nitrogen and oxygen atoms in total. The first kappa shape index (κ1) is 23.1. The number of nitrogens with zero attached hydrogens (tertiary/aromatic N) is 3. The third-order valence-corrected chi connectivity index (χ3v) is 6.70. The third-order valence-electron chi connectivity index (χ3n) is 6.70. The summed E-state index contributed by atoms with van der Waals surface area (Å²) in [6, 6.07) is 12.6. The number of carbonyl (C=O) groups excluding carboxylic acids is 2. The SMILES string of the molecule is CN1CCCCCCN(C(=O)c2cccc(N)n2)[C@@H]2CCCC[C@@H]2Oc2ccccc2C1=O. The van der Waals surface area contributed by atoms with Gasteiger partial charge in [-0.3, -0.25) is 9.59 Å². The minimum atomic E-state index is -0.175. The van der Waals surface area contributed by atoms with Gasteiger partial charge in [0.25, 0.3) is 11.8 Å². The monoisotopic (exact) mass is 450 g/mol. The van der Waals surface area contributed by atoms with E-state index in [0.717, 1.165) is 51.4 Å². The van der Waals surface area contributed by atoms with Crippen LogP contribution in [0, 0.1) is 0 Å². The van der Waals surface area contributed by atoms with E-state index in [1.54, 1.807) is 23.1 Å². The fraction of sp³-hybridized carbons (Fsp3) is 0.500. The number of fused-ring (bicyclic) bond motifs is 2. The van der Waals surface area contributed by atoms with Crippen LogP contribution in [0.2, 0.25) is 0 Å². The Morgan fingerprint density at radius 1 is 0.970 bits per heavy atom. The second-order valence-electron chi connectivity index (χ2n) is 9.09. The molecule has 1 aliphatic heterocycles. The number of hydrogen-bond donors (Lipinski definition) is 1. The van der Waals surface area contributed by atoms with Crippen molar-refractivity contribution in [2.45, 2.75) is 63.5 Å². The summed E-state index contributed by atoms with van der Waals surface area (Å²) in [7, 11) is 1.85. The van der Waals surface area contributed by atoms with Crippen molar-refractivity contribution in [3.63, 3.8) is 0 Å². The molecule has 1 saturated carbocycles. The van der Waals surface area contributed by atoms with Gasteiger partial charge in [-0.2, -0.15) is 0 Å². The van der Waals surface area contributed by atoms with E-state index in [9.17, 15) is 9.59 Å². The van der Waals surface area contributed by atoms with Crippen molar-refractivity contribution in [2.24, 2.45) is 0 Å². The molecular formula is C26H34N4O3. The molecule has 0 saturated heterocycles. The molecule has 0 unspecified atom stereocenters. The maximum absolute atomic E-state index is 13.6. The molecule has 2 amide bonds. The molecular weight excluding hydrogens is 416 g/mol. The maximum Gasteiger partial charge on any atom is 0.272 e. The molecule has 7 heteroatoms. The van der Waals surface area contributed by atoms with Crippen molar-refractivity contribution in [3.05, 3.63) is 53.7 Å². The Labute approximate surface area is 195 Å². The van der Waals surface area contributed by atoms with Gasteiger partial charge in [0.15, 0.2) is 0 Å². The van der Waals surface area contributed by atoms with E-state index in [0.29, 0.717) is 35.9 Å². The van der Waals surface area contributed by atoms with Crippen molar-refractivity contribution in [3.8, 4) is 5.75 Å². The predicted octanol–water partition coefficient (Wildman–Crippen LogP) is 4.14. The minimum absolute atomic E-state index is 0.0214. The van der Waals surface area contributed by atoms with Gasteiger partial charge in [0.2, 0.25) is 0 Å². The average molecular weight is 451 g/mol. The average Bonchev–Trinajstić information content (AvgIpc) is 2.83. The normalized spacial score (nSPS) is 22.5. The lowest BCUT2D eigenvalue weighted by atomic mass is 9.90. The number of carbonyl (C=O) groups is 2. The molecule has 2 aliphatic rings. The van der Waals surface area contributed by atoms with Crippen LogP contribution in [0.5, 0.6) is 5.75 Å². The van der Waals surface area contributed by atoms with Crippen LogP contribution in [0.1, 0.15) is 72.2 Å². The van der Waals surface area contributed by atoms with Crippen molar-refractivity contribution in [1.29, 1.82) is 0 Å². The molecule has 2 heterocycles. The second kappa shape index (κ2) is 10.7. The number of aromatic nitrogens is 1. The van der Waals surface area contributed by atoms with E-state index in [1.165, 1.54) is 0 Å². The van der Waals surface area contributed by atoms with Crippen molar-refractivity contribution in [2.75, 3.05) is 25.9 Å². The summed E-state index contributed by atoms with van der Waals surface area (Å²) < 4.78 is 6.52. The maximum atomic E-state index is 13.6. The van der Waals surface area contributed by atoms with Gasteiger partial charge in [-0.25, -0.2) is 4.98 Å². The molecule has 176 valence electrons. The molecule has 2 aromatic rings. The number of anilines is 1. The highest BCUT2D eigenvalue weighted by atomic mass is 16.5. The van der Waals surface area contributed by atoms with Gasteiger partial charge < -0.3 is 20.3 Å². The first-order valence-corrected chi connectivity index (χ1v) is 12.1. The Balaban J connectivity index is 1.68. The Morgan fingerprint density at radius 2 is 1.73 bits per heavy atom. The number of hydrogen-bond acceptors (Lipinski definition) is 5. The summed E-state index contributed by atoms with van der Waals surface area (Å²) in [4.78, 5) is 34.7. The smallest absolute Gasteiger partial charge is 0.272 e. The summed E-state index contributed by atoms with van der Waals surface area (Å²) in [5.74, 6) is 0.819. The molecule has 1 fully saturated rings. The number of nitrogen functional groups attached to an aromatic ring is 1. The topological polar surface area (TPSA) is 88.8 Å². The van der Waals surface area contributed by atoms with E-state index in [2.05, 4.69) is 4.98 Å². The molecule has 0 radical (unpaired) electrons. The fourth-order valence-corrected chi connectivity index (χ4v) is 4.91. The number of nitrogens with two attached hydrogens (primary N) is 1. The third kappa shape index (κ3) is 5.46. The largest absolute Gasteiger partial charge is 0.487 e. The number of amides is 2. The van der Waals surface area contributed by atoms with E-state index in [1.807, 2.05) is 36.2 Å². The number of ether oxygens (including phenoxy) is 1. The van der Waals surface area contributed by atoms with Crippen LogP contribution in [-0.4, -0.2) is 58.9 Å². The summed E-state index contributed by atoms with van der Waals surface area (Å²) >= 11 is 0. The van der Waals surface area contributed by atoms with Gasteiger partial charge in [0.05, 0.1) is 11.6 Å². The predicted molar refractivity (Wildman–Crippen MR) is 128 cm³/mol. The van der Waals surface area contributed by atoms with Crippen molar-refractivity contribution < 1.29 is 14.3 Å². The lowest BCUT2D eigenvalue weighted by Crippen LogP contribution is -2.51. The van der Waals surface area contributed by atoms with Gasteiger partial charge in [0.1, 0.15) is 23.4 Å². The van der Waals surface area contributed by atoms with E-state index in [4.69, 9.17) is 10.5 Å². The summed E-state index contributed by atoms with van der Waals surface area (Å²) in [6.45, 7) is 1.37. The molecule has 1 aromatic carbocycles. The van der Waals surface area contributed by atoms with Gasteiger partial charge in [-0.1, -0.05) is 37.5 Å². The van der Waals surface area contributed by atoms with E-state index < -0.39 is 0 Å². The molecule has 0 spiro atoms. The van der Waals surface area contributed by atoms with Crippen LogP contribution in [0.4, 0.5) is 5.82 Å². The highest BCUT2D eigenvalue weighted by Gasteiger charge is 2.36. The molecule has 4 rings (SSSR count). The van der Waals surface area contributed by atoms with E-state index in [-0.39, 0.29) is 24.0 Å². The number of pyridine rings is 1. The van der Waals surface area contributed by atoms with Crippen molar-refractivity contribution >= 4 is 17.6 Å². The van der Waals surface area contributed by atoms with Crippen LogP contribution in [0.15, 0.2) is 42.5 Å².